The number of aromatic nitrogens is 2. The molecule has 4 rings (SSSR count). The quantitative estimate of drug-likeness (QED) is 0.406. The van der Waals surface area contributed by atoms with E-state index in [4.69, 9.17) is 0 Å². The molecule has 4 aromatic rings. The second-order valence-electron chi connectivity index (χ2n) is 7.98. The van der Waals surface area contributed by atoms with Gasteiger partial charge in [0, 0.05) is 28.7 Å². The lowest BCUT2D eigenvalue weighted by atomic mass is 10.1. The molecule has 172 valence electrons. The van der Waals surface area contributed by atoms with Crippen molar-refractivity contribution >= 4 is 27.3 Å². The maximum Gasteiger partial charge on any atom is 0.262 e. The number of carbonyl (C=O) groups excluding carboxylic acids is 1. The van der Waals surface area contributed by atoms with E-state index in [1.807, 2.05) is 38.1 Å². The number of nitrogens with zero attached hydrogens (tertiary/aromatic N) is 2. The van der Waals surface area contributed by atoms with Gasteiger partial charge in [0.2, 0.25) is 0 Å². The fourth-order valence-corrected chi connectivity index (χ4v) is 4.89. The maximum atomic E-state index is 12.9. The summed E-state index contributed by atoms with van der Waals surface area (Å²) in [5.41, 5.74) is 4.32. The number of aryl methyl sites for hydroxylation is 3. The van der Waals surface area contributed by atoms with Crippen LogP contribution >= 0.6 is 0 Å². The van der Waals surface area contributed by atoms with E-state index in [1.54, 1.807) is 55.6 Å². The largest absolute Gasteiger partial charge is 0.322 e. The first-order chi connectivity index (χ1) is 16.2. The number of nitrogens with one attached hydrogen (secondary N) is 2. The Bertz CT molecular complexity index is 1480. The Morgan fingerprint density at radius 3 is 2.41 bits per heavy atom. The summed E-state index contributed by atoms with van der Waals surface area (Å²) in [5, 5.41) is 2.86. The molecule has 1 amide bonds. The summed E-state index contributed by atoms with van der Waals surface area (Å²) in [6.45, 7) is 5.40. The van der Waals surface area contributed by atoms with Crippen molar-refractivity contribution in [3.63, 3.8) is 0 Å². The molecule has 0 spiro atoms. The normalized spacial score (nSPS) is 11.1. The second kappa shape index (κ2) is 9.44. The van der Waals surface area contributed by atoms with Gasteiger partial charge in [-0.15, -0.1) is 0 Å². The lowest BCUT2D eigenvalue weighted by molar-refractivity contribution is 0.102. The van der Waals surface area contributed by atoms with Crippen LogP contribution in [0.5, 0.6) is 0 Å². The molecule has 0 radical (unpaired) electrons. The highest BCUT2D eigenvalue weighted by Gasteiger charge is 2.18. The molecule has 2 N–H and O–H groups in total. The topological polar surface area (TPSA) is 101 Å². The van der Waals surface area contributed by atoms with E-state index in [-0.39, 0.29) is 10.8 Å². The molecule has 0 fully saturated rings. The maximum absolute atomic E-state index is 12.9. The molecule has 7 nitrogen and oxygen atoms in total. The van der Waals surface area contributed by atoms with Gasteiger partial charge in [0.1, 0.15) is 5.82 Å². The molecule has 0 aliphatic carbocycles. The van der Waals surface area contributed by atoms with E-state index < -0.39 is 10.0 Å². The lowest BCUT2D eigenvalue weighted by Gasteiger charge is -2.12. The molecule has 0 saturated heterocycles. The average Bonchev–Trinajstić information content (AvgIpc) is 2.80. The summed E-state index contributed by atoms with van der Waals surface area (Å²) >= 11 is 0. The van der Waals surface area contributed by atoms with Gasteiger partial charge >= 0.3 is 0 Å². The third kappa shape index (κ3) is 5.29. The van der Waals surface area contributed by atoms with Crippen LogP contribution in [0.15, 0.2) is 83.9 Å². The molecule has 0 bridgehead atoms. The van der Waals surface area contributed by atoms with Crippen LogP contribution in [0.2, 0.25) is 0 Å². The fraction of sp³-hybridized carbons (Fsp3) is 0.115. The Balaban J connectivity index is 1.54. The molecule has 0 unspecified atom stereocenters. The highest BCUT2D eigenvalue weighted by molar-refractivity contribution is 7.92. The van der Waals surface area contributed by atoms with Gasteiger partial charge in [0.05, 0.1) is 10.6 Å². The predicted molar refractivity (Wildman–Crippen MR) is 133 cm³/mol. The highest BCUT2D eigenvalue weighted by Crippen LogP contribution is 2.23. The predicted octanol–water partition coefficient (Wildman–Crippen LogP) is 5.12. The minimum Gasteiger partial charge on any atom is -0.322 e. The number of hydrogen-bond donors (Lipinski definition) is 2. The van der Waals surface area contributed by atoms with Crippen LogP contribution in [0, 0.1) is 20.8 Å². The van der Waals surface area contributed by atoms with Gasteiger partial charge in [-0.1, -0.05) is 30.3 Å². The van der Waals surface area contributed by atoms with E-state index in [9.17, 15) is 13.2 Å². The molecule has 1 heterocycles. The van der Waals surface area contributed by atoms with E-state index in [0.717, 1.165) is 16.8 Å². The molecule has 0 aliphatic heterocycles. The summed E-state index contributed by atoms with van der Waals surface area (Å²) in [6, 6.07) is 20.8. The molecule has 0 saturated carbocycles. The van der Waals surface area contributed by atoms with Crippen LogP contribution in [0.1, 0.15) is 27.3 Å². The van der Waals surface area contributed by atoms with Crippen LogP contribution in [0.4, 0.5) is 11.4 Å². The number of amides is 1. The molecular weight excluding hydrogens is 448 g/mol. The van der Waals surface area contributed by atoms with Gasteiger partial charge < -0.3 is 5.32 Å². The number of anilines is 2. The first-order valence-electron chi connectivity index (χ1n) is 10.6. The molecule has 3 aromatic carbocycles. The van der Waals surface area contributed by atoms with Gasteiger partial charge in [-0.3, -0.25) is 9.52 Å². The van der Waals surface area contributed by atoms with E-state index in [2.05, 4.69) is 20.0 Å². The smallest absolute Gasteiger partial charge is 0.262 e. The highest BCUT2D eigenvalue weighted by atomic mass is 32.2. The number of rotatable bonds is 6. The standard InChI is InChI=1S/C26H24N4O3S/c1-17-10-11-18(2)25(14-17)34(32,33)30-23-9-5-7-21(16-23)26(31)29-22-8-4-6-20(15-22)24-12-13-27-19(3)28-24/h4-16,30H,1-3H3,(H,29,31). The number of hydrogen-bond acceptors (Lipinski definition) is 5. The van der Waals surface area contributed by atoms with Crippen molar-refractivity contribution in [1.29, 1.82) is 0 Å². The minimum absolute atomic E-state index is 0.208. The summed E-state index contributed by atoms with van der Waals surface area (Å²) in [6.07, 6.45) is 1.69. The Hall–Kier alpha value is -4.04. The molecular formula is C26H24N4O3S. The number of carbonyl (C=O) groups is 1. The number of benzene rings is 3. The SMILES string of the molecule is Cc1ccc(C)c(S(=O)(=O)Nc2cccc(C(=O)Nc3cccc(-c4ccnc(C)n4)c3)c2)c1. The van der Waals surface area contributed by atoms with Gasteiger partial charge in [0.25, 0.3) is 15.9 Å². The van der Waals surface area contributed by atoms with Gasteiger partial charge in [-0.2, -0.15) is 0 Å². The Labute approximate surface area is 199 Å². The zero-order chi connectivity index (χ0) is 24.3. The Kier molecular flexibility index (Phi) is 6.43. The first-order valence-corrected chi connectivity index (χ1v) is 12.1. The van der Waals surface area contributed by atoms with Crippen molar-refractivity contribution in [1.82, 2.24) is 9.97 Å². The molecule has 34 heavy (non-hydrogen) atoms. The zero-order valence-corrected chi connectivity index (χ0v) is 19.8. The summed E-state index contributed by atoms with van der Waals surface area (Å²) in [5.74, 6) is 0.302. The molecule has 0 aliphatic rings. The van der Waals surface area contributed by atoms with Crippen LogP contribution < -0.4 is 10.0 Å². The third-order valence-electron chi connectivity index (χ3n) is 5.20. The summed E-state index contributed by atoms with van der Waals surface area (Å²) in [7, 11) is -3.80. The van der Waals surface area contributed by atoms with Gasteiger partial charge in [0.15, 0.2) is 0 Å². The van der Waals surface area contributed by atoms with Crippen molar-refractivity contribution in [2.75, 3.05) is 10.0 Å². The van der Waals surface area contributed by atoms with Gasteiger partial charge in [-0.05, 0) is 74.4 Å². The van der Waals surface area contributed by atoms with Crippen LogP contribution in [-0.4, -0.2) is 24.3 Å². The van der Waals surface area contributed by atoms with Gasteiger partial charge in [-0.25, -0.2) is 18.4 Å². The number of sulfonamides is 1. The Morgan fingerprint density at radius 1 is 0.853 bits per heavy atom. The lowest BCUT2D eigenvalue weighted by Crippen LogP contribution is -2.16. The summed E-state index contributed by atoms with van der Waals surface area (Å²) in [4.78, 5) is 21.6. The second-order valence-corrected chi connectivity index (χ2v) is 9.63. The molecule has 1 aromatic heterocycles. The van der Waals surface area contributed by atoms with Crippen molar-refractivity contribution in [2.45, 2.75) is 25.7 Å². The van der Waals surface area contributed by atoms with Crippen molar-refractivity contribution in [3.8, 4) is 11.3 Å². The third-order valence-corrected chi connectivity index (χ3v) is 6.73. The van der Waals surface area contributed by atoms with Crippen molar-refractivity contribution in [2.24, 2.45) is 0 Å². The molecule has 8 heteroatoms. The van der Waals surface area contributed by atoms with E-state index >= 15 is 0 Å². The zero-order valence-electron chi connectivity index (χ0n) is 19.0. The average molecular weight is 473 g/mol. The van der Waals surface area contributed by atoms with E-state index in [1.165, 1.54) is 6.07 Å². The fourth-order valence-electron chi connectivity index (χ4n) is 3.51. The van der Waals surface area contributed by atoms with Crippen LogP contribution in [0.3, 0.4) is 0 Å². The minimum atomic E-state index is -3.80. The van der Waals surface area contributed by atoms with E-state index in [0.29, 0.717) is 28.3 Å². The molecule has 0 atom stereocenters. The monoisotopic (exact) mass is 472 g/mol. The van der Waals surface area contributed by atoms with Crippen molar-refractivity contribution in [3.05, 3.63) is 102 Å². The van der Waals surface area contributed by atoms with Crippen LogP contribution in [-0.2, 0) is 10.0 Å². The first kappa shape index (κ1) is 23.1. The van der Waals surface area contributed by atoms with Crippen molar-refractivity contribution < 1.29 is 13.2 Å². The van der Waals surface area contributed by atoms with Crippen LogP contribution in [0.25, 0.3) is 11.3 Å². The Morgan fingerprint density at radius 2 is 1.62 bits per heavy atom. The summed E-state index contributed by atoms with van der Waals surface area (Å²) < 4.78 is 28.4.